The van der Waals surface area contributed by atoms with Crippen molar-refractivity contribution in [3.63, 3.8) is 0 Å². The van der Waals surface area contributed by atoms with E-state index in [2.05, 4.69) is 10.6 Å². The highest BCUT2D eigenvalue weighted by molar-refractivity contribution is 5.87. The number of nitrogens with zero attached hydrogens (tertiary/aromatic N) is 1. The third kappa shape index (κ3) is 3.35. The van der Waals surface area contributed by atoms with E-state index in [4.69, 9.17) is 4.74 Å². The van der Waals surface area contributed by atoms with E-state index in [1.165, 1.54) is 0 Å². The summed E-state index contributed by atoms with van der Waals surface area (Å²) in [7, 11) is 0. The Morgan fingerprint density at radius 1 is 1.33 bits per heavy atom. The number of amides is 3. The van der Waals surface area contributed by atoms with Crippen LogP contribution in [-0.4, -0.2) is 54.7 Å². The summed E-state index contributed by atoms with van der Waals surface area (Å²) in [5.74, 6) is -0.101. The van der Waals surface area contributed by atoms with Crippen LogP contribution >= 0.6 is 0 Å². The zero-order valence-electron chi connectivity index (χ0n) is 10.9. The molecule has 6 nitrogen and oxygen atoms in total. The van der Waals surface area contributed by atoms with Gasteiger partial charge in [-0.2, -0.15) is 0 Å². The normalized spacial score (nSPS) is 23.9. The maximum Gasteiger partial charge on any atom is 0.318 e. The Hall–Kier alpha value is -1.30. The number of urea groups is 1. The molecule has 3 amide bonds. The number of morpholine rings is 1. The molecule has 1 atom stereocenters. The van der Waals surface area contributed by atoms with E-state index in [-0.39, 0.29) is 24.6 Å². The van der Waals surface area contributed by atoms with Crippen LogP contribution in [0.5, 0.6) is 0 Å². The number of carbonyl (C=O) groups is 2. The van der Waals surface area contributed by atoms with Gasteiger partial charge in [0.05, 0.1) is 13.2 Å². The molecular weight excluding hydrogens is 234 g/mol. The van der Waals surface area contributed by atoms with Crippen molar-refractivity contribution in [2.75, 3.05) is 19.8 Å². The highest BCUT2D eigenvalue weighted by Gasteiger charge is 2.35. The van der Waals surface area contributed by atoms with Crippen LogP contribution in [-0.2, 0) is 9.53 Å². The minimum Gasteiger partial charge on any atom is -0.377 e. The van der Waals surface area contributed by atoms with Crippen LogP contribution in [0.15, 0.2) is 0 Å². The molecule has 0 aromatic rings. The first-order valence-corrected chi connectivity index (χ1v) is 6.53. The van der Waals surface area contributed by atoms with Crippen molar-refractivity contribution in [2.24, 2.45) is 0 Å². The van der Waals surface area contributed by atoms with Gasteiger partial charge in [0.2, 0.25) is 5.91 Å². The summed E-state index contributed by atoms with van der Waals surface area (Å²) in [6.07, 6.45) is 2.08. The minimum atomic E-state index is -0.502. The van der Waals surface area contributed by atoms with Crippen LogP contribution in [0.25, 0.3) is 0 Å². The lowest BCUT2D eigenvalue weighted by Gasteiger charge is -2.35. The van der Waals surface area contributed by atoms with Crippen molar-refractivity contribution in [3.8, 4) is 0 Å². The fourth-order valence-electron chi connectivity index (χ4n) is 1.92. The molecule has 1 heterocycles. The van der Waals surface area contributed by atoms with Gasteiger partial charge in [0.25, 0.3) is 0 Å². The lowest BCUT2D eigenvalue weighted by atomic mass is 10.2. The van der Waals surface area contributed by atoms with Crippen LogP contribution < -0.4 is 10.6 Å². The summed E-state index contributed by atoms with van der Waals surface area (Å²) < 4.78 is 5.31. The first kappa shape index (κ1) is 13.1. The van der Waals surface area contributed by atoms with Gasteiger partial charge in [-0.1, -0.05) is 0 Å². The molecule has 0 aromatic heterocycles. The molecule has 18 heavy (non-hydrogen) atoms. The number of carbonyl (C=O) groups excluding carboxylic acids is 2. The number of hydrogen-bond donors (Lipinski definition) is 2. The summed E-state index contributed by atoms with van der Waals surface area (Å²) in [4.78, 5) is 25.6. The van der Waals surface area contributed by atoms with Crippen molar-refractivity contribution in [2.45, 2.75) is 44.8 Å². The Morgan fingerprint density at radius 3 is 2.67 bits per heavy atom. The Labute approximate surface area is 107 Å². The van der Waals surface area contributed by atoms with Crippen molar-refractivity contribution in [1.29, 1.82) is 0 Å². The molecule has 0 radical (unpaired) electrons. The second kappa shape index (κ2) is 5.56. The molecule has 1 aliphatic carbocycles. The predicted molar refractivity (Wildman–Crippen MR) is 66.1 cm³/mol. The summed E-state index contributed by atoms with van der Waals surface area (Å²) in [5, 5.41) is 5.74. The van der Waals surface area contributed by atoms with Gasteiger partial charge in [-0.25, -0.2) is 4.79 Å². The maximum atomic E-state index is 12.0. The Morgan fingerprint density at radius 2 is 2.06 bits per heavy atom. The fourth-order valence-corrected chi connectivity index (χ4v) is 1.92. The Balaban J connectivity index is 1.95. The molecule has 1 unspecified atom stereocenters. The van der Waals surface area contributed by atoms with E-state index < -0.39 is 6.04 Å². The molecule has 1 aliphatic heterocycles. The molecule has 2 N–H and O–H groups in total. The minimum absolute atomic E-state index is 0.0625. The van der Waals surface area contributed by atoms with Gasteiger partial charge in [0, 0.05) is 18.6 Å². The molecule has 0 bridgehead atoms. The molecule has 6 heteroatoms. The molecule has 102 valence electrons. The third-order valence-corrected chi connectivity index (χ3v) is 3.03. The largest absolute Gasteiger partial charge is 0.377 e. The van der Waals surface area contributed by atoms with Crippen molar-refractivity contribution < 1.29 is 14.3 Å². The molecule has 0 spiro atoms. The van der Waals surface area contributed by atoms with E-state index >= 15 is 0 Å². The van der Waals surface area contributed by atoms with Crippen LogP contribution in [0.1, 0.15) is 26.7 Å². The second-order valence-electron chi connectivity index (χ2n) is 5.17. The van der Waals surface area contributed by atoms with Gasteiger partial charge in [0.1, 0.15) is 6.04 Å². The highest BCUT2D eigenvalue weighted by Crippen LogP contribution is 2.19. The molecule has 1 saturated carbocycles. The number of ether oxygens (including phenoxy) is 1. The van der Waals surface area contributed by atoms with Crippen molar-refractivity contribution in [1.82, 2.24) is 15.5 Å². The first-order valence-electron chi connectivity index (χ1n) is 6.53. The summed E-state index contributed by atoms with van der Waals surface area (Å²) in [5.41, 5.74) is 0. The quantitative estimate of drug-likeness (QED) is 0.750. The fraction of sp³-hybridized carbons (Fsp3) is 0.833. The monoisotopic (exact) mass is 255 g/mol. The molecule has 2 fully saturated rings. The van der Waals surface area contributed by atoms with E-state index in [1.807, 2.05) is 13.8 Å². The Kier molecular flexibility index (Phi) is 4.06. The SMILES string of the molecule is CC(C)NC(=O)N1CCOCC1C(=O)NC1CC1. The molecule has 2 rings (SSSR count). The number of nitrogens with one attached hydrogen (secondary N) is 2. The molecular formula is C12H21N3O3. The van der Waals surface area contributed by atoms with Crippen LogP contribution in [0, 0.1) is 0 Å². The summed E-state index contributed by atoms with van der Waals surface area (Å²) in [6.45, 7) is 5.03. The molecule has 1 saturated heterocycles. The van der Waals surface area contributed by atoms with Gasteiger partial charge in [-0.15, -0.1) is 0 Å². The standard InChI is InChI=1S/C12H21N3O3/c1-8(2)13-12(17)15-5-6-18-7-10(15)11(16)14-9-3-4-9/h8-10H,3-7H2,1-2H3,(H,13,17)(H,14,16). The van der Waals surface area contributed by atoms with Gasteiger partial charge in [-0.05, 0) is 26.7 Å². The zero-order valence-corrected chi connectivity index (χ0v) is 10.9. The van der Waals surface area contributed by atoms with Crippen LogP contribution in [0.2, 0.25) is 0 Å². The molecule has 2 aliphatic rings. The van der Waals surface area contributed by atoms with E-state index in [9.17, 15) is 9.59 Å². The lowest BCUT2D eigenvalue weighted by Crippen LogP contribution is -2.59. The molecule has 0 aromatic carbocycles. The summed E-state index contributed by atoms with van der Waals surface area (Å²) in [6, 6.07) is -0.329. The van der Waals surface area contributed by atoms with Crippen molar-refractivity contribution in [3.05, 3.63) is 0 Å². The average Bonchev–Trinajstić information content (AvgIpc) is 3.12. The van der Waals surface area contributed by atoms with Gasteiger partial charge >= 0.3 is 6.03 Å². The second-order valence-corrected chi connectivity index (χ2v) is 5.17. The smallest absolute Gasteiger partial charge is 0.318 e. The van der Waals surface area contributed by atoms with Crippen LogP contribution in [0.3, 0.4) is 0 Å². The Bertz CT molecular complexity index is 305. The predicted octanol–water partition coefficient (Wildman–Crippen LogP) is 0.0838. The topological polar surface area (TPSA) is 70.7 Å². The van der Waals surface area contributed by atoms with Crippen LogP contribution in [0.4, 0.5) is 4.79 Å². The van der Waals surface area contributed by atoms with E-state index in [0.29, 0.717) is 19.2 Å². The highest BCUT2D eigenvalue weighted by atomic mass is 16.5. The summed E-state index contributed by atoms with van der Waals surface area (Å²) >= 11 is 0. The first-order chi connectivity index (χ1) is 8.58. The van der Waals surface area contributed by atoms with E-state index in [1.54, 1.807) is 4.90 Å². The van der Waals surface area contributed by atoms with Gasteiger partial charge in [0.15, 0.2) is 0 Å². The number of hydrogen-bond acceptors (Lipinski definition) is 3. The average molecular weight is 255 g/mol. The zero-order chi connectivity index (χ0) is 13.1. The van der Waals surface area contributed by atoms with Gasteiger partial charge in [-0.3, -0.25) is 4.79 Å². The number of rotatable bonds is 3. The maximum absolute atomic E-state index is 12.0. The van der Waals surface area contributed by atoms with Crippen molar-refractivity contribution >= 4 is 11.9 Å². The third-order valence-electron chi connectivity index (χ3n) is 3.03. The van der Waals surface area contributed by atoms with Gasteiger partial charge < -0.3 is 20.3 Å². The van der Waals surface area contributed by atoms with E-state index in [0.717, 1.165) is 12.8 Å². The lowest BCUT2D eigenvalue weighted by molar-refractivity contribution is -0.130.